The zero-order valence-electron chi connectivity index (χ0n) is 13.4. The molecule has 0 aliphatic rings. The summed E-state index contributed by atoms with van der Waals surface area (Å²) in [6.07, 6.45) is -19.0. The summed E-state index contributed by atoms with van der Waals surface area (Å²) in [6.45, 7) is 0. The predicted molar refractivity (Wildman–Crippen MR) is 61.5 cm³/mol. The van der Waals surface area contributed by atoms with Gasteiger partial charge in [0.2, 0.25) is 0 Å². The molecule has 0 rings (SSSR count). The van der Waals surface area contributed by atoms with Gasteiger partial charge in [0.25, 0.3) is 0 Å². The Bertz CT molecular complexity index is 626. The van der Waals surface area contributed by atoms with Crippen molar-refractivity contribution >= 4 is 12.0 Å². The molecule has 0 aliphatic heterocycles. The molecule has 0 heterocycles. The molecule has 0 bridgehead atoms. The minimum atomic E-state index is -7.73. The van der Waals surface area contributed by atoms with Crippen molar-refractivity contribution in [1.82, 2.24) is 0 Å². The van der Waals surface area contributed by atoms with Crippen molar-refractivity contribution in [1.29, 1.82) is 0 Å². The van der Waals surface area contributed by atoms with E-state index in [0.717, 1.165) is 0 Å². The highest BCUT2D eigenvalue weighted by Crippen LogP contribution is 2.59. The van der Waals surface area contributed by atoms with Crippen molar-refractivity contribution < 1.29 is 88.7 Å². The number of rotatable bonds is 9. The molecular weight excluding hydrogens is 526 g/mol. The summed E-state index contributed by atoms with van der Waals surface area (Å²) in [6, 6.07) is 0. The first-order valence-corrected chi connectivity index (χ1v) is 7.38. The number of hydrogen-bond acceptors (Lipinski definition) is 3. The van der Waals surface area contributed by atoms with E-state index < -0.39 is 71.5 Å². The van der Waals surface area contributed by atoms with E-state index in [1.165, 1.54) is 4.94 Å². The maximum atomic E-state index is 13.9. The lowest BCUT2D eigenvalue weighted by molar-refractivity contribution is -0.448. The maximum Gasteiger partial charge on any atom is 0.460 e. The van der Waals surface area contributed by atoms with Crippen molar-refractivity contribution in [2.45, 2.75) is 59.5 Å². The van der Waals surface area contributed by atoms with Crippen LogP contribution in [-0.2, 0) is 4.94 Å². The van der Waals surface area contributed by atoms with Gasteiger partial charge in [-0.25, -0.2) is 4.39 Å². The highest BCUT2D eigenvalue weighted by Gasteiger charge is 2.86. The molecule has 0 aromatic heterocycles. The molecule has 0 aromatic carbocycles. The Morgan fingerprint density at radius 3 is 1.16 bits per heavy atom. The topological polar surface area (TPSA) is 29.5 Å². The molecule has 2 nitrogen and oxygen atoms in total. The molecule has 188 valence electrons. The summed E-state index contributed by atoms with van der Waals surface area (Å²) < 4.78 is 237. The molecule has 2 unspecified atom stereocenters. The lowest BCUT2D eigenvalue weighted by atomic mass is 9.92. The van der Waals surface area contributed by atoms with Crippen LogP contribution in [-0.4, -0.2) is 57.6 Å². The second-order valence-electron chi connectivity index (χ2n) is 5.52. The summed E-state index contributed by atoms with van der Waals surface area (Å²) in [7, 11) is 0. The Balaban J connectivity index is 6.50. The SMILES string of the molecule is OSC(CC(F)(F)C(F)(F)C(F)(F)C(F)(F)F)C(F)(OF)C(F)(F)C(F)(F)C(F)(F)F. The van der Waals surface area contributed by atoms with Crippen LogP contribution < -0.4 is 0 Å². The van der Waals surface area contributed by atoms with Gasteiger partial charge in [0, 0.05) is 6.42 Å². The van der Waals surface area contributed by atoms with E-state index >= 15 is 0 Å². The first-order valence-electron chi connectivity index (χ1n) is 6.54. The van der Waals surface area contributed by atoms with E-state index in [2.05, 4.69) is 0 Å². The van der Waals surface area contributed by atoms with Gasteiger partial charge in [0.1, 0.15) is 5.25 Å². The highest BCUT2D eigenvalue weighted by molar-refractivity contribution is 7.94. The summed E-state index contributed by atoms with van der Waals surface area (Å²) in [5.41, 5.74) is 0. The van der Waals surface area contributed by atoms with Crippen LogP contribution in [0.4, 0.5) is 79.2 Å². The van der Waals surface area contributed by atoms with Crippen LogP contribution in [0.2, 0.25) is 0 Å². The standard InChI is InChI=1S/C10H4F18O2S/c11-3(12,5(14,15)7(18,19)9(22,23)24)1-2(31-29)4(13,30-28)6(16,17)8(20,21)10(25,26)27/h2,29H,1H2. The van der Waals surface area contributed by atoms with Crippen LogP contribution in [0, 0.1) is 0 Å². The number of halogens is 18. The fourth-order valence-corrected chi connectivity index (χ4v) is 2.30. The summed E-state index contributed by atoms with van der Waals surface area (Å²) in [5.74, 6) is -44.7. The average Bonchev–Trinajstić information content (AvgIpc) is 2.56. The first kappa shape index (κ1) is 30.0. The second kappa shape index (κ2) is 8.10. The third-order valence-corrected chi connectivity index (χ3v) is 4.21. The lowest BCUT2D eigenvalue weighted by Crippen LogP contribution is -2.68. The van der Waals surface area contributed by atoms with Gasteiger partial charge in [-0.2, -0.15) is 70.2 Å². The summed E-state index contributed by atoms with van der Waals surface area (Å²) in [5, 5.41) is -4.76. The van der Waals surface area contributed by atoms with Gasteiger partial charge in [0.05, 0.1) is 0 Å². The van der Waals surface area contributed by atoms with Crippen LogP contribution in [0.25, 0.3) is 0 Å². The molecule has 1 N–H and O–H groups in total. The smallest absolute Gasteiger partial charge is 0.330 e. The monoisotopic (exact) mass is 530 g/mol. The Morgan fingerprint density at radius 2 is 0.903 bits per heavy atom. The maximum absolute atomic E-state index is 13.9. The Kier molecular flexibility index (Phi) is 7.84. The predicted octanol–water partition coefficient (Wildman–Crippen LogP) is 6.82. The average molecular weight is 530 g/mol. The third-order valence-electron chi connectivity index (χ3n) is 3.48. The van der Waals surface area contributed by atoms with E-state index in [0.29, 0.717) is 0 Å². The molecule has 0 fully saturated rings. The van der Waals surface area contributed by atoms with Gasteiger partial charge in [0.15, 0.2) is 0 Å². The van der Waals surface area contributed by atoms with E-state index in [9.17, 15) is 79.2 Å². The Morgan fingerprint density at radius 1 is 0.581 bits per heavy atom. The molecule has 21 heteroatoms. The molecule has 31 heavy (non-hydrogen) atoms. The van der Waals surface area contributed by atoms with Crippen molar-refractivity contribution in [2.75, 3.05) is 0 Å². The molecule has 2 atom stereocenters. The summed E-state index contributed by atoms with van der Waals surface area (Å²) >= 11 is -2.14. The van der Waals surface area contributed by atoms with Gasteiger partial charge in [-0.1, -0.05) is 0 Å². The second-order valence-corrected chi connectivity index (χ2v) is 6.30. The molecule has 0 radical (unpaired) electrons. The zero-order chi connectivity index (χ0) is 25.7. The molecule has 0 saturated heterocycles. The molecule has 0 amide bonds. The third kappa shape index (κ3) is 4.44. The van der Waals surface area contributed by atoms with Crippen LogP contribution in [0.15, 0.2) is 0 Å². The van der Waals surface area contributed by atoms with Crippen LogP contribution in [0.1, 0.15) is 6.42 Å². The fraction of sp³-hybridized carbons (Fsp3) is 1.00. The van der Waals surface area contributed by atoms with Crippen LogP contribution >= 0.6 is 12.0 Å². The minimum Gasteiger partial charge on any atom is -0.330 e. The number of alkyl halides is 17. The molecule has 0 aliphatic carbocycles. The van der Waals surface area contributed by atoms with E-state index in [-0.39, 0.29) is 0 Å². The molecule has 0 saturated carbocycles. The van der Waals surface area contributed by atoms with Gasteiger partial charge < -0.3 is 4.55 Å². The summed E-state index contributed by atoms with van der Waals surface area (Å²) in [4.78, 5) is 1.48. The van der Waals surface area contributed by atoms with Crippen LogP contribution in [0.5, 0.6) is 0 Å². The van der Waals surface area contributed by atoms with Gasteiger partial charge >= 0.3 is 47.8 Å². The molecule has 0 spiro atoms. The quantitative estimate of drug-likeness (QED) is 0.262. The van der Waals surface area contributed by atoms with Crippen LogP contribution in [0.3, 0.4) is 0 Å². The van der Waals surface area contributed by atoms with Crippen molar-refractivity contribution in [3.8, 4) is 0 Å². The van der Waals surface area contributed by atoms with Crippen molar-refractivity contribution in [3.63, 3.8) is 0 Å². The van der Waals surface area contributed by atoms with Gasteiger partial charge in [-0.15, -0.1) is 4.94 Å². The van der Waals surface area contributed by atoms with E-state index in [1.54, 1.807) is 0 Å². The molecule has 0 aromatic rings. The Hall–Kier alpha value is -0.990. The first-order chi connectivity index (χ1) is 13.2. The molecular formula is C10H4F18O2S. The van der Waals surface area contributed by atoms with E-state index in [4.69, 9.17) is 4.55 Å². The highest BCUT2D eigenvalue weighted by atomic mass is 32.2. The lowest BCUT2D eigenvalue weighted by Gasteiger charge is -2.40. The van der Waals surface area contributed by atoms with E-state index in [1.807, 2.05) is 0 Å². The van der Waals surface area contributed by atoms with Gasteiger partial charge in [-0.3, -0.25) is 0 Å². The largest absolute Gasteiger partial charge is 0.460 e. The van der Waals surface area contributed by atoms with Crippen molar-refractivity contribution in [3.05, 3.63) is 0 Å². The zero-order valence-corrected chi connectivity index (χ0v) is 14.2. The van der Waals surface area contributed by atoms with Gasteiger partial charge in [-0.05, 0) is 16.6 Å². The minimum absolute atomic E-state index is 1.48. The van der Waals surface area contributed by atoms with Crippen molar-refractivity contribution in [2.24, 2.45) is 0 Å². The number of hydrogen-bond donors (Lipinski definition) is 1. The fourth-order valence-electron chi connectivity index (χ4n) is 1.70. The Labute approximate surface area is 161 Å². The normalized spacial score (nSPS) is 18.7.